The van der Waals surface area contributed by atoms with Crippen LogP contribution in [0.1, 0.15) is 42.6 Å². The van der Waals surface area contributed by atoms with Gasteiger partial charge in [0.15, 0.2) is 5.78 Å². The first kappa shape index (κ1) is 11.8. The van der Waals surface area contributed by atoms with Gasteiger partial charge in [-0.1, -0.05) is 12.1 Å². The van der Waals surface area contributed by atoms with E-state index in [1.807, 2.05) is 18.2 Å². The standard InChI is InChI=1S/C14H17NO2/c1-10(16)13-7-6-12-5-3-4-8-15(11(2)17)14(12)9-13/h6-7,9H,3-5,8H2,1-2H3. The number of ketones is 1. The van der Waals surface area contributed by atoms with Gasteiger partial charge in [-0.3, -0.25) is 9.59 Å². The fourth-order valence-corrected chi connectivity index (χ4v) is 2.28. The van der Waals surface area contributed by atoms with Crippen molar-refractivity contribution in [1.29, 1.82) is 0 Å². The number of benzene rings is 1. The van der Waals surface area contributed by atoms with E-state index in [4.69, 9.17) is 0 Å². The van der Waals surface area contributed by atoms with Crippen LogP contribution in [0.5, 0.6) is 0 Å². The summed E-state index contributed by atoms with van der Waals surface area (Å²) < 4.78 is 0. The van der Waals surface area contributed by atoms with Crippen LogP contribution in [0.15, 0.2) is 18.2 Å². The van der Waals surface area contributed by atoms with Crippen molar-refractivity contribution in [3.63, 3.8) is 0 Å². The molecular formula is C14H17NO2. The number of hydrogen-bond donors (Lipinski definition) is 0. The van der Waals surface area contributed by atoms with Crippen molar-refractivity contribution in [2.45, 2.75) is 33.1 Å². The molecule has 17 heavy (non-hydrogen) atoms. The van der Waals surface area contributed by atoms with Gasteiger partial charge >= 0.3 is 0 Å². The molecule has 1 aliphatic heterocycles. The maximum atomic E-state index is 11.6. The molecule has 1 heterocycles. The molecule has 3 nitrogen and oxygen atoms in total. The normalized spacial score (nSPS) is 15.1. The lowest BCUT2D eigenvalue weighted by Crippen LogP contribution is -2.29. The Kier molecular flexibility index (Phi) is 3.27. The first-order chi connectivity index (χ1) is 8.09. The predicted molar refractivity (Wildman–Crippen MR) is 67.4 cm³/mol. The third kappa shape index (κ3) is 2.38. The molecule has 0 saturated carbocycles. The number of anilines is 1. The monoisotopic (exact) mass is 231 g/mol. The Morgan fingerprint density at radius 2 is 1.94 bits per heavy atom. The van der Waals surface area contributed by atoms with E-state index in [0.29, 0.717) is 5.56 Å². The second-order valence-corrected chi connectivity index (χ2v) is 4.53. The Morgan fingerprint density at radius 1 is 1.18 bits per heavy atom. The zero-order valence-electron chi connectivity index (χ0n) is 10.3. The Bertz CT molecular complexity index is 465. The van der Waals surface area contributed by atoms with Crippen LogP contribution in [-0.2, 0) is 11.2 Å². The van der Waals surface area contributed by atoms with Gasteiger partial charge < -0.3 is 4.90 Å². The number of carbonyl (C=O) groups excluding carboxylic acids is 2. The maximum Gasteiger partial charge on any atom is 0.223 e. The van der Waals surface area contributed by atoms with Gasteiger partial charge in [-0.2, -0.15) is 0 Å². The molecule has 0 bridgehead atoms. The molecule has 2 rings (SSSR count). The summed E-state index contributed by atoms with van der Waals surface area (Å²) in [6.07, 6.45) is 3.09. The van der Waals surface area contributed by atoms with Gasteiger partial charge in [-0.25, -0.2) is 0 Å². The topological polar surface area (TPSA) is 37.4 Å². The Morgan fingerprint density at radius 3 is 2.59 bits per heavy atom. The molecule has 0 N–H and O–H groups in total. The van der Waals surface area contributed by atoms with E-state index in [9.17, 15) is 9.59 Å². The predicted octanol–water partition coefficient (Wildman–Crippen LogP) is 2.58. The number of hydrogen-bond acceptors (Lipinski definition) is 2. The maximum absolute atomic E-state index is 11.6. The van der Waals surface area contributed by atoms with Gasteiger partial charge in [0.05, 0.1) is 0 Å². The van der Waals surface area contributed by atoms with Crippen molar-refractivity contribution < 1.29 is 9.59 Å². The lowest BCUT2D eigenvalue weighted by Gasteiger charge is -2.21. The Balaban J connectivity index is 2.49. The van der Waals surface area contributed by atoms with Gasteiger partial charge in [0.25, 0.3) is 0 Å². The highest BCUT2D eigenvalue weighted by molar-refractivity contribution is 5.98. The fourth-order valence-electron chi connectivity index (χ4n) is 2.28. The molecular weight excluding hydrogens is 214 g/mol. The summed E-state index contributed by atoms with van der Waals surface area (Å²) in [5.41, 5.74) is 2.77. The van der Waals surface area contributed by atoms with Crippen LogP contribution in [0, 0.1) is 0 Å². The van der Waals surface area contributed by atoms with Crippen LogP contribution in [0.2, 0.25) is 0 Å². The number of fused-ring (bicyclic) bond motifs is 1. The minimum atomic E-state index is 0.0422. The minimum absolute atomic E-state index is 0.0422. The van der Waals surface area contributed by atoms with Crippen LogP contribution < -0.4 is 4.90 Å². The van der Waals surface area contributed by atoms with E-state index in [-0.39, 0.29) is 11.7 Å². The highest BCUT2D eigenvalue weighted by atomic mass is 16.2. The van der Waals surface area contributed by atoms with E-state index >= 15 is 0 Å². The fraction of sp³-hybridized carbons (Fsp3) is 0.429. The summed E-state index contributed by atoms with van der Waals surface area (Å²) in [6, 6.07) is 5.68. The van der Waals surface area contributed by atoms with E-state index in [1.165, 1.54) is 5.56 Å². The third-order valence-corrected chi connectivity index (χ3v) is 3.24. The van der Waals surface area contributed by atoms with Crippen molar-refractivity contribution in [2.24, 2.45) is 0 Å². The molecule has 0 saturated heterocycles. The summed E-state index contributed by atoms with van der Waals surface area (Å²) in [7, 11) is 0. The molecule has 0 atom stereocenters. The average molecular weight is 231 g/mol. The van der Waals surface area contributed by atoms with Crippen molar-refractivity contribution >= 4 is 17.4 Å². The van der Waals surface area contributed by atoms with Crippen LogP contribution in [0.4, 0.5) is 5.69 Å². The van der Waals surface area contributed by atoms with Crippen molar-refractivity contribution in [2.75, 3.05) is 11.4 Å². The molecule has 1 aromatic rings. The zero-order chi connectivity index (χ0) is 12.4. The van der Waals surface area contributed by atoms with Gasteiger partial charge in [-0.15, -0.1) is 0 Å². The van der Waals surface area contributed by atoms with Crippen LogP contribution in [0.25, 0.3) is 0 Å². The second kappa shape index (κ2) is 4.70. The van der Waals surface area contributed by atoms with Gasteiger partial charge in [0.1, 0.15) is 0 Å². The summed E-state index contributed by atoms with van der Waals surface area (Å²) in [5, 5.41) is 0. The first-order valence-corrected chi connectivity index (χ1v) is 6.01. The molecule has 0 aliphatic carbocycles. The van der Waals surface area contributed by atoms with E-state index < -0.39 is 0 Å². The Labute approximate surface area is 101 Å². The molecule has 0 radical (unpaired) electrons. The average Bonchev–Trinajstić information content (AvgIpc) is 2.49. The van der Waals surface area contributed by atoms with Crippen LogP contribution in [0.3, 0.4) is 0 Å². The number of Topliss-reactive ketones (excluding diaryl/α,β-unsaturated/α-hetero) is 1. The van der Waals surface area contributed by atoms with Crippen molar-refractivity contribution in [1.82, 2.24) is 0 Å². The van der Waals surface area contributed by atoms with Crippen molar-refractivity contribution in [3.05, 3.63) is 29.3 Å². The van der Waals surface area contributed by atoms with Gasteiger partial charge in [0, 0.05) is 24.7 Å². The van der Waals surface area contributed by atoms with Crippen molar-refractivity contribution in [3.8, 4) is 0 Å². The number of aryl methyl sites for hydroxylation is 1. The van der Waals surface area contributed by atoms with E-state index in [1.54, 1.807) is 18.7 Å². The summed E-state index contributed by atoms with van der Waals surface area (Å²) in [5.74, 6) is 0.0920. The largest absolute Gasteiger partial charge is 0.312 e. The SMILES string of the molecule is CC(=O)c1ccc2c(c1)N(C(C)=O)CCCC2. The number of carbonyl (C=O) groups is 2. The molecule has 1 amide bonds. The molecule has 3 heteroatoms. The second-order valence-electron chi connectivity index (χ2n) is 4.53. The molecule has 0 unspecified atom stereocenters. The highest BCUT2D eigenvalue weighted by Crippen LogP contribution is 2.27. The number of amides is 1. The molecule has 0 aromatic heterocycles. The lowest BCUT2D eigenvalue weighted by atomic mass is 10.0. The lowest BCUT2D eigenvalue weighted by molar-refractivity contribution is -0.116. The summed E-state index contributed by atoms with van der Waals surface area (Å²) in [6.45, 7) is 3.88. The summed E-state index contributed by atoms with van der Waals surface area (Å²) >= 11 is 0. The third-order valence-electron chi connectivity index (χ3n) is 3.24. The Hall–Kier alpha value is -1.64. The van der Waals surface area contributed by atoms with Gasteiger partial charge in [0.2, 0.25) is 5.91 Å². The minimum Gasteiger partial charge on any atom is -0.312 e. The number of nitrogens with zero attached hydrogens (tertiary/aromatic N) is 1. The molecule has 90 valence electrons. The van der Waals surface area contributed by atoms with Crippen LogP contribution in [-0.4, -0.2) is 18.2 Å². The molecule has 0 fully saturated rings. The number of rotatable bonds is 1. The van der Waals surface area contributed by atoms with E-state index in [2.05, 4.69) is 0 Å². The van der Waals surface area contributed by atoms with E-state index in [0.717, 1.165) is 31.5 Å². The first-order valence-electron chi connectivity index (χ1n) is 6.01. The van der Waals surface area contributed by atoms with Crippen LogP contribution >= 0.6 is 0 Å². The summed E-state index contributed by atoms with van der Waals surface area (Å²) in [4.78, 5) is 24.8. The molecule has 0 spiro atoms. The van der Waals surface area contributed by atoms with Gasteiger partial charge in [-0.05, 0) is 37.8 Å². The zero-order valence-corrected chi connectivity index (χ0v) is 10.3. The smallest absolute Gasteiger partial charge is 0.223 e. The quantitative estimate of drug-likeness (QED) is 0.697. The highest BCUT2D eigenvalue weighted by Gasteiger charge is 2.19. The molecule has 1 aliphatic rings. The molecule has 1 aromatic carbocycles.